The van der Waals surface area contributed by atoms with E-state index in [0.717, 1.165) is 0 Å². The second-order valence-corrected chi connectivity index (χ2v) is 1.67. The molecule has 0 unspecified atom stereocenters. The first-order valence-corrected chi connectivity index (χ1v) is 2.50. The molecule has 0 amide bonds. The molecule has 2 heteroatoms. The topological polar surface area (TPSA) is 24.4 Å². The van der Waals surface area contributed by atoms with E-state index in [1.54, 1.807) is 6.21 Å². The molecular weight excluding hydrogens is 88.1 g/mol. The zero-order valence-electron chi connectivity index (χ0n) is 5.10. The molecule has 0 aromatic carbocycles. The van der Waals surface area contributed by atoms with E-state index in [-0.39, 0.29) is 0 Å². The number of hydrogen-bond acceptors (Lipinski definition) is 2. The van der Waals surface area contributed by atoms with Crippen LogP contribution >= 0.6 is 0 Å². The van der Waals surface area contributed by atoms with Crippen LogP contribution in [0.15, 0.2) is 5.10 Å². The number of hydrogen-bond donors (Lipinski definition) is 1. The predicted octanol–water partition coefficient (Wildman–Crippen LogP) is 0.990. The molecule has 0 saturated carbocycles. The summed E-state index contributed by atoms with van der Waals surface area (Å²) in [5.41, 5.74) is 2.86. The van der Waals surface area contributed by atoms with Gasteiger partial charge in [-0.25, -0.2) is 0 Å². The maximum Gasteiger partial charge on any atom is 0.0383 e. The second-order valence-electron chi connectivity index (χ2n) is 1.67. The van der Waals surface area contributed by atoms with E-state index < -0.39 is 0 Å². The summed E-state index contributed by atoms with van der Waals surface area (Å²) in [5.74, 6) is 0. The molecule has 2 nitrogen and oxygen atoms in total. The van der Waals surface area contributed by atoms with Crippen molar-refractivity contribution in [2.24, 2.45) is 5.10 Å². The molecule has 0 radical (unpaired) electrons. The van der Waals surface area contributed by atoms with Crippen LogP contribution in [0.2, 0.25) is 0 Å². The molecule has 0 bridgehead atoms. The van der Waals surface area contributed by atoms with Crippen LogP contribution in [0, 0.1) is 0 Å². The Labute approximate surface area is 44.6 Å². The lowest BCUT2D eigenvalue weighted by atomic mass is 10.4. The molecule has 0 aromatic heterocycles. The fourth-order valence-corrected chi connectivity index (χ4v) is 0.224. The van der Waals surface area contributed by atoms with Gasteiger partial charge < -0.3 is 5.43 Å². The summed E-state index contributed by atoms with van der Waals surface area (Å²) in [6, 6.07) is 0.455. The minimum Gasteiger partial charge on any atom is -0.308 e. The first kappa shape index (κ1) is 6.47. The highest BCUT2D eigenvalue weighted by Crippen LogP contribution is 1.72. The third-order valence-corrected chi connectivity index (χ3v) is 0.462. The lowest BCUT2D eigenvalue weighted by Gasteiger charge is -1.99. The number of nitrogens with zero attached hydrogens (tertiary/aromatic N) is 1. The SMILES string of the molecule is C/C=N/NC(C)C. The molecule has 0 spiro atoms. The van der Waals surface area contributed by atoms with Crippen molar-refractivity contribution in [1.82, 2.24) is 5.43 Å². The van der Waals surface area contributed by atoms with Crippen LogP contribution in [-0.2, 0) is 0 Å². The van der Waals surface area contributed by atoms with E-state index in [1.165, 1.54) is 0 Å². The lowest BCUT2D eigenvalue weighted by molar-refractivity contribution is 0.622. The number of hydrazone groups is 1. The highest BCUT2D eigenvalue weighted by atomic mass is 15.3. The molecule has 0 aromatic rings. The van der Waals surface area contributed by atoms with E-state index in [0.29, 0.717) is 6.04 Å². The normalized spacial score (nSPS) is 10.9. The third-order valence-electron chi connectivity index (χ3n) is 0.462. The molecule has 0 aliphatic rings. The Morgan fingerprint density at radius 2 is 2.14 bits per heavy atom. The van der Waals surface area contributed by atoms with Crippen LogP contribution in [0.25, 0.3) is 0 Å². The average molecular weight is 100 g/mol. The van der Waals surface area contributed by atoms with Crippen molar-refractivity contribution in [2.75, 3.05) is 0 Å². The lowest BCUT2D eigenvalue weighted by Crippen LogP contribution is -2.15. The fraction of sp³-hybridized carbons (Fsp3) is 0.800. The summed E-state index contributed by atoms with van der Waals surface area (Å²) in [6.07, 6.45) is 1.74. The summed E-state index contributed by atoms with van der Waals surface area (Å²) in [7, 11) is 0. The van der Waals surface area contributed by atoms with Crippen molar-refractivity contribution < 1.29 is 0 Å². The minimum absolute atomic E-state index is 0.455. The summed E-state index contributed by atoms with van der Waals surface area (Å²) < 4.78 is 0. The van der Waals surface area contributed by atoms with Crippen LogP contribution in [-0.4, -0.2) is 12.3 Å². The maximum atomic E-state index is 3.80. The summed E-state index contributed by atoms with van der Waals surface area (Å²) in [5, 5.41) is 3.80. The first-order chi connectivity index (χ1) is 3.27. The molecule has 0 rings (SSSR count). The Bertz CT molecular complexity index is 57.1. The molecule has 7 heavy (non-hydrogen) atoms. The van der Waals surface area contributed by atoms with Gasteiger partial charge in [0, 0.05) is 12.3 Å². The van der Waals surface area contributed by atoms with Crippen molar-refractivity contribution >= 4 is 6.21 Å². The Kier molecular flexibility index (Phi) is 3.38. The Hall–Kier alpha value is -0.530. The van der Waals surface area contributed by atoms with Crippen molar-refractivity contribution in [3.05, 3.63) is 0 Å². The van der Waals surface area contributed by atoms with Gasteiger partial charge in [-0.05, 0) is 20.8 Å². The van der Waals surface area contributed by atoms with Crippen LogP contribution in [0.1, 0.15) is 20.8 Å². The van der Waals surface area contributed by atoms with Crippen LogP contribution in [0.5, 0.6) is 0 Å². The van der Waals surface area contributed by atoms with Gasteiger partial charge in [-0.3, -0.25) is 0 Å². The molecule has 42 valence electrons. The van der Waals surface area contributed by atoms with Crippen molar-refractivity contribution in [3.8, 4) is 0 Å². The summed E-state index contributed by atoms with van der Waals surface area (Å²) in [6.45, 7) is 5.98. The van der Waals surface area contributed by atoms with Crippen molar-refractivity contribution in [2.45, 2.75) is 26.8 Å². The zero-order valence-corrected chi connectivity index (χ0v) is 5.10. The third kappa shape index (κ3) is 5.47. The zero-order chi connectivity index (χ0) is 5.70. The van der Waals surface area contributed by atoms with Gasteiger partial charge in [-0.2, -0.15) is 5.10 Å². The van der Waals surface area contributed by atoms with E-state index in [2.05, 4.69) is 10.5 Å². The maximum absolute atomic E-state index is 3.80. The van der Waals surface area contributed by atoms with E-state index in [9.17, 15) is 0 Å². The fourth-order valence-electron chi connectivity index (χ4n) is 0.224. The van der Waals surface area contributed by atoms with E-state index >= 15 is 0 Å². The largest absolute Gasteiger partial charge is 0.308 e. The predicted molar refractivity (Wildman–Crippen MR) is 32.4 cm³/mol. The monoisotopic (exact) mass is 100 g/mol. The smallest absolute Gasteiger partial charge is 0.0383 e. The van der Waals surface area contributed by atoms with Gasteiger partial charge in [-0.15, -0.1) is 0 Å². The molecule has 0 atom stereocenters. The van der Waals surface area contributed by atoms with Gasteiger partial charge in [0.2, 0.25) is 0 Å². The Balaban J connectivity index is 2.97. The minimum atomic E-state index is 0.455. The van der Waals surface area contributed by atoms with Crippen LogP contribution in [0.4, 0.5) is 0 Å². The van der Waals surface area contributed by atoms with Gasteiger partial charge >= 0.3 is 0 Å². The highest BCUT2D eigenvalue weighted by molar-refractivity contribution is 5.52. The van der Waals surface area contributed by atoms with Crippen molar-refractivity contribution in [1.29, 1.82) is 0 Å². The second kappa shape index (κ2) is 3.65. The van der Waals surface area contributed by atoms with Crippen LogP contribution in [0.3, 0.4) is 0 Å². The quantitative estimate of drug-likeness (QED) is 0.406. The van der Waals surface area contributed by atoms with E-state index in [1.807, 2.05) is 20.8 Å². The molecule has 0 saturated heterocycles. The summed E-state index contributed by atoms with van der Waals surface area (Å²) in [4.78, 5) is 0. The molecular formula is C5H12N2. The number of nitrogens with one attached hydrogen (secondary N) is 1. The van der Waals surface area contributed by atoms with Crippen molar-refractivity contribution in [3.63, 3.8) is 0 Å². The van der Waals surface area contributed by atoms with E-state index in [4.69, 9.17) is 0 Å². The summed E-state index contributed by atoms with van der Waals surface area (Å²) >= 11 is 0. The van der Waals surface area contributed by atoms with Gasteiger partial charge in [0.1, 0.15) is 0 Å². The Morgan fingerprint density at radius 1 is 1.57 bits per heavy atom. The van der Waals surface area contributed by atoms with Crippen LogP contribution < -0.4 is 5.43 Å². The Morgan fingerprint density at radius 3 is 2.29 bits per heavy atom. The first-order valence-electron chi connectivity index (χ1n) is 2.50. The standard InChI is InChI=1S/C5H12N2/c1-4-6-7-5(2)3/h4-5,7H,1-3H3/b6-4+. The molecule has 0 heterocycles. The molecule has 1 N–H and O–H groups in total. The van der Waals surface area contributed by atoms with Gasteiger partial charge in [0.15, 0.2) is 0 Å². The average Bonchev–Trinajstić information content (AvgIpc) is 1.61. The van der Waals surface area contributed by atoms with Gasteiger partial charge in [-0.1, -0.05) is 0 Å². The highest BCUT2D eigenvalue weighted by Gasteiger charge is 1.80. The molecule has 0 fully saturated rings. The van der Waals surface area contributed by atoms with Gasteiger partial charge in [0.05, 0.1) is 0 Å². The molecule has 0 aliphatic carbocycles. The molecule has 0 aliphatic heterocycles. The number of rotatable bonds is 2. The van der Waals surface area contributed by atoms with Gasteiger partial charge in [0.25, 0.3) is 0 Å².